The van der Waals surface area contributed by atoms with Crippen LogP contribution in [0.2, 0.25) is 0 Å². The van der Waals surface area contributed by atoms with Crippen LogP contribution >= 0.6 is 0 Å². The predicted octanol–water partition coefficient (Wildman–Crippen LogP) is -0.737. The largest absolute Gasteiger partial charge is 3.00 e. The maximum Gasteiger partial charge on any atom is 3.00 e. The Bertz CT molecular complexity index is 6.85. The van der Waals surface area contributed by atoms with Crippen LogP contribution in [0, 0.1) is 37.7 Å². The van der Waals surface area contributed by atoms with E-state index < -0.39 is 0 Å². The molecule has 0 saturated carbocycles. The first-order chi connectivity index (χ1) is 0. The molecule has 0 aromatic heterocycles. The summed E-state index contributed by atoms with van der Waals surface area (Å²) in [6, 6.07) is 0. The smallest absolute Gasteiger partial charge is 2.00 e. The van der Waals surface area contributed by atoms with Crippen molar-refractivity contribution in [1.29, 1.82) is 0 Å². The summed E-state index contributed by atoms with van der Waals surface area (Å²) in [5.41, 5.74) is 0. The molecule has 0 atom stereocenters. The van der Waals surface area contributed by atoms with Crippen LogP contribution in [0.1, 0.15) is 0 Å². The average Bonchev–Trinajstić information content (AvgIpc) is 0. The zero-order chi connectivity index (χ0) is 0. The molecule has 0 amide bonds. The third kappa shape index (κ3) is 23.8. The van der Waals surface area contributed by atoms with Crippen LogP contribution < -0.4 is 0 Å². The Labute approximate surface area is 79.2 Å². The van der Waals surface area contributed by atoms with Crippen molar-refractivity contribution in [2.45, 2.75) is 0 Å². The van der Waals surface area contributed by atoms with E-state index in [1.54, 1.807) is 0 Å². The summed E-state index contributed by atoms with van der Waals surface area (Å²) < 4.78 is 0. The molecule has 0 N–H and O–H groups in total. The van der Waals surface area contributed by atoms with Gasteiger partial charge in [0.2, 0.25) is 0 Å². The molecule has 0 spiro atoms. The Balaban J connectivity index is 0. The van der Waals surface area contributed by atoms with Gasteiger partial charge in [0.1, 0.15) is 0 Å². The third-order valence-corrected chi connectivity index (χ3v) is 0. The molecule has 0 aliphatic rings. The minimum absolute atomic E-state index is 0. The van der Waals surface area contributed by atoms with Gasteiger partial charge in [-0.2, -0.15) is 0 Å². The van der Waals surface area contributed by atoms with Crippen LogP contribution in [-0.4, -0.2) is 26.2 Å². The molecule has 2 radical (unpaired) electrons. The molecule has 0 aliphatic carbocycles. The van der Waals surface area contributed by atoms with E-state index in [9.17, 15) is 0 Å². The van der Waals surface area contributed by atoms with Crippen molar-refractivity contribution in [3.05, 3.63) is 0 Å². The van der Waals surface area contributed by atoms with Crippen LogP contribution in [0.5, 0.6) is 0 Å². The first-order valence-electron chi connectivity index (χ1n) is 0. The average molecular weight is 422 g/mol. The summed E-state index contributed by atoms with van der Waals surface area (Å²) in [4.78, 5) is 0. The molecule has 0 rings (SSSR count). The monoisotopic (exact) mass is 422 g/mol. The predicted molar refractivity (Wildman–Crippen MR) is 7.81 cm³/mol. The SMILES string of the molecule is [Bi+3].[Ho+3].[O-2].[O-2].[O-2]. The van der Waals surface area contributed by atoms with Crippen LogP contribution in [0.3, 0.4) is 0 Å². The van der Waals surface area contributed by atoms with Crippen molar-refractivity contribution in [2.24, 2.45) is 0 Å². The summed E-state index contributed by atoms with van der Waals surface area (Å²) in [6.45, 7) is 0. The Morgan fingerprint density at radius 3 is 0.600 bits per heavy atom. The Hall–Kier alpha value is 2.02. The van der Waals surface area contributed by atoms with Crippen molar-refractivity contribution in [3.63, 3.8) is 0 Å². The van der Waals surface area contributed by atoms with Gasteiger partial charge >= 0.3 is 63.9 Å². The van der Waals surface area contributed by atoms with Crippen LogP contribution in [0.15, 0.2) is 0 Å². The Morgan fingerprint density at radius 2 is 0.600 bits per heavy atom. The van der Waals surface area contributed by atoms with Crippen molar-refractivity contribution in [2.75, 3.05) is 0 Å². The van der Waals surface area contributed by atoms with Crippen molar-refractivity contribution >= 4 is 26.2 Å². The molecule has 0 fully saturated rings. The first-order valence-corrected chi connectivity index (χ1v) is 0. The molecule has 0 heterocycles. The van der Waals surface area contributed by atoms with E-state index in [0.717, 1.165) is 0 Å². The minimum Gasteiger partial charge on any atom is -2.00 e. The Morgan fingerprint density at radius 1 is 0.600 bits per heavy atom. The zero-order valence-corrected chi connectivity index (χ0v) is 7.39. The number of hydrogen-bond acceptors (Lipinski definition) is 0. The van der Waals surface area contributed by atoms with E-state index in [-0.39, 0.29) is 80.4 Å². The Kier molecular flexibility index (Phi) is 462. The molecule has 0 aliphatic heterocycles. The standard InChI is InChI=1S/Bi.Ho.3O/q2*+3;3*-2. The maximum absolute atomic E-state index is 0. The molecular weight excluding hydrogens is 422 g/mol. The molecule has 5 heavy (non-hydrogen) atoms. The van der Waals surface area contributed by atoms with Gasteiger partial charge in [-0.1, -0.05) is 0 Å². The molecular formula is BiHoO3. The summed E-state index contributed by atoms with van der Waals surface area (Å²) in [5, 5.41) is 0. The van der Waals surface area contributed by atoms with Crippen LogP contribution in [0.25, 0.3) is 0 Å². The topological polar surface area (TPSA) is 85.5 Å². The summed E-state index contributed by atoms with van der Waals surface area (Å²) in [7, 11) is 0. The van der Waals surface area contributed by atoms with Gasteiger partial charge in [-0.3, -0.25) is 0 Å². The summed E-state index contributed by atoms with van der Waals surface area (Å²) in [5.74, 6) is 0. The van der Waals surface area contributed by atoms with Gasteiger partial charge in [0, 0.05) is 0 Å². The van der Waals surface area contributed by atoms with Gasteiger partial charge < -0.3 is 16.4 Å². The fourth-order valence-electron chi connectivity index (χ4n) is 0. The normalized spacial score (nSPS) is 0. The van der Waals surface area contributed by atoms with Gasteiger partial charge in [0.15, 0.2) is 0 Å². The second-order valence-corrected chi connectivity index (χ2v) is 0. The molecule has 3 nitrogen and oxygen atoms in total. The van der Waals surface area contributed by atoms with E-state index in [2.05, 4.69) is 0 Å². The van der Waals surface area contributed by atoms with E-state index >= 15 is 0 Å². The summed E-state index contributed by atoms with van der Waals surface area (Å²) >= 11 is 0. The van der Waals surface area contributed by atoms with Gasteiger partial charge in [0.25, 0.3) is 0 Å². The van der Waals surface area contributed by atoms with Gasteiger partial charge in [0.05, 0.1) is 0 Å². The fourth-order valence-corrected chi connectivity index (χ4v) is 0. The molecule has 5 heteroatoms. The molecule has 0 unspecified atom stereocenters. The van der Waals surface area contributed by atoms with Crippen LogP contribution in [0.4, 0.5) is 0 Å². The maximum atomic E-state index is 0. The van der Waals surface area contributed by atoms with E-state index in [0.29, 0.717) is 0 Å². The molecule has 0 bridgehead atoms. The van der Waals surface area contributed by atoms with Crippen molar-refractivity contribution in [1.82, 2.24) is 0 Å². The molecule has 0 aromatic rings. The molecule has 0 saturated heterocycles. The number of rotatable bonds is 0. The van der Waals surface area contributed by atoms with Crippen molar-refractivity contribution in [3.8, 4) is 0 Å². The zero-order valence-electron chi connectivity index (χ0n) is 1.97. The van der Waals surface area contributed by atoms with Crippen LogP contribution in [-0.2, 0) is 16.4 Å². The molecule has 34 valence electrons. The van der Waals surface area contributed by atoms with E-state index in [4.69, 9.17) is 0 Å². The van der Waals surface area contributed by atoms with Gasteiger partial charge in [-0.15, -0.1) is 0 Å². The second kappa shape index (κ2) is 37.1. The quantitative estimate of drug-likeness (QED) is 0.462. The third-order valence-electron chi connectivity index (χ3n) is 0. The second-order valence-electron chi connectivity index (χ2n) is 0. The van der Waals surface area contributed by atoms with E-state index in [1.165, 1.54) is 0 Å². The molecule has 0 aromatic carbocycles. The van der Waals surface area contributed by atoms with Crippen molar-refractivity contribution < 1.29 is 54.2 Å². The minimum atomic E-state index is 0. The van der Waals surface area contributed by atoms with E-state index in [1.807, 2.05) is 0 Å². The van der Waals surface area contributed by atoms with Gasteiger partial charge in [-0.05, 0) is 0 Å². The fraction of sp³-hybridized carbons (Fsp3) is 0. The summed E-state index contributed by atoms with van der Waals surface area (Å²) in [6.07, 6.45) is 0. The first kappa shape index (κ1) is 62.3. The number of hydrogen-bond donors (Lipinski definition) is 0. The van der Waals surface area contributed by atoms with Gasteiger partial charge in [-0.25, -0.2) is 0 Å².